The SMILES string of the molecule is O=C(N[C@@H](COCc1ccccc1)C(=O)O)c1cc2cc(OCCC3CCCCC3)ccc2o1. The molecule has 7 heteroatoms. The van der Waals surface area contributed by atoms with Gasteiger partial charge in [0.15, 0.2) is 11.8 Å². The van der Waals surface area contributed by atoms with E-state index < -0.39 is 17.9 Å². The van der Waals surface area contributed by atoms with Crippen LogP contribution in [-0.4, -0.2) is 36.2 Å². The maximum Gasteiger partial charge on any atom is 0.328 e. The maximum atomic E-state index is 12.6. The number of benzene rings is 2. The Kier molecular flexibility index (Phi) is 8.20. The molecule has 0 spiro atoms. The Morgan fingerprint density at radius 1 is 1.06 bits per heavy atom. The Labute approximate surface area is 199 Å². The van der Waals surface area contributed by atoms with Crippen LogP contribution in [0.2, 0.25) is 0 Å². The van der Waals surface area contributed by atoms with Crippen molar-refractivity contribution in [2.24, 2.45) is 5.92 Å². The highest BCUT2D eigenvalue weighted by molar-refractivity contribution is 5.98. The largest absolute Gasteiger partial charge is 0.494 e. The minimum Gasteiger partial charge on any atom is -0.494 e. The monoisotopic (exact) mass is 465 g/mol. The second-order valence-corrected chi connectivity index (χ2v) is 8.82. The summed E-state index contributed by atoms with van der Waals surface area (Å²) in [5.74, 6) is -0.254. The molecule has 2 N–H and O–H groups in total. The van der Waals surface area contributed by atoms with E-state index in [1.54, 1.807) is 12.1 Å². The minimum absolute atomic E-state index is 0.0451. The van der Waals surface area contributed by atoms with E-state index in [2.05, 4.69) is 5.32 Å². The molecule has 0 aliphatic heterocycles. The third-order valence-corrected chi connectivity index (χ3v) is 6.23. The number of nitrogens with one attached hydrogen (secondary N) is 1. The van der Waals surface area contributed by atoms with Crippen LogP contribution in [0.5, 0.6) is 5.75 Å². The van der Waals surface area contributed by atoms with Crippen LogP contribution in [0.4, 0.5) is 0 Å². The molecule has 0 bridgehead atoms. The number of furan rings is 1. The van der Waals surface area contributed by atoms with Gasteiger partial charge in [0, 0.05) is 5.39 Å². The first kappa shape index (κ1) is 23.8. The third kappa shape index (κ3) is 6.60. The van der Waals surface area contributed by atoms with Crippen LogP contribution >= 0.6 is 0 Å². The van der Waals surface area contributed by atoms with E-state index in [-0.39, 0.29) is 19.0 Å². The lowest BCUT2D eigenvalue weighted by Gasteiger charge is -2.21. The quantitative estimate of drug-likeness (QED) is 0.405. The Balaban J connectivity index is 1.31. The number of hydrogen-bond acceptors (Lipinski definition) is 5. The van der Waals surface area contributed by atoms with Gasteiger partial charge in [0.1, 0.15) is 11.3 Å². The summed E-state index contributed by atoms with van der Waals surface area (Å²) in [4.78, 5) is 24.2. The van der Waals surface area contributed by atoms with Gasteiger partial charge in [0.2, 0.25) is 0 Å². The second kappa shape index (κ2) is 11.7. The van der Waals surface area contributed by atoms with Crippen LogP contribution in [0.1, 0.15) is 54.6 Å². The number of ether oxygens (including phenoxy) is 2. The fraction of sp³-hybridized carbons (Fsp3) is 0.407. The number of amides is 1. The van der Waals surface area contributed by atoms with Gasteiger partial charge in [0.05, 0.1) is 19.8 Å². The van der Waals surface area contributed by atoms with Crippen molar-refractivity contribution in [1.29, 1.82) is 0 Å². The average molecular weight is 466 g/mol. The topological polar surface area (TPSA) is 98.0 Å². The van der Waals surface area contributed by atoms with Gasteiger partial charge in [-0.15, -0.1) is 0 Å². The van der Waals surface area contributed by atoms with Gasteiger partial charge in [0.25, 0.3) is 5.91 Å². The third-order valence-electron chi connectivity index (χ3n) is 6.23. The first-order valence-electron chi connectivity index (χ1n) is 11.9. The van der Waals surface area contributed by atoms with Gasteiger partial charge < -0.3 is 24.3 Å². The normalized spacial score (nSPS) is 15.2. The molecule has 1 heterocycles. The number of carboxylic acid groups (broad SMARTS) is 1. The average Bonchev–Trinajstić information content (AvgIpc) is 3.28. The summed E-state index contributed by atoms with van der Waals surface area (Å²) >= 11 is 0. The fourth-order valence-corrected chi connectivity index (χ4v) is 4.32. The molecule has 1 saturated carbocycles. The number of rotatable bonds is 11. The van der Waals surface area contributed by atoms with Gasteiger partial charge in [-0.2, -0.15) is 0 Å². The Morgan fingerprint density at radius 3 is 2.62 bits per heavy atom. The molecule has 2 aromatic carbocycles. The summed E-state index contributed by atoms with van der Waals surface area (Å²) in [5, 5.41) is 12.7. The Bertz CT molecular complexity index is 1090. The number of fused-ring (bicyclic) bond motifs is 1. The molecule has 180 valence electrons. The number of carboxylic acids is 1. The molecule has 3 aromatic rings. The predicted molar refractivity (Wildman–Crippen MR) is 128 cm³/mol. The molecule has 34 heavy (non-hydrogen) atoms. The molecule has 1 aliphatic carbocycles. The van der Waals surface area contributed by atoms with Crippen molar-refractivity contribution in [1.82, 2.24) is 5.32 Å². The number of carbonyl (C=O) groups is 2. The van der Waals surface area contributed by atoms with Crippen molar-refractivity contribution in [3.8, 4) is 5.75 Å². The zero-order valence-corrected chi connectivity index (χ0v) is 19.2. The van der Waals surface area contributed by atoms with Crippen molar-refractivity contribution in [2.45, 2.75) is 51.2 Å². The summed E-state index contributed by atoms with van der Waals surface area (Å²) in [7, 11) is 0. The van der Waals surface area contributed by atoms with Crippen LogP contribution in [0, 0.1) is 5.92 Å². The van der Waals surface area contributed by atoms with Crippen molar-refractivity contribution in [3.05, 3.63) is 65.9 Å². The zero-order chi connectivity index (χ0) is 23.8. The van der Waals surface area contributed by atoms with Crippen molar-refractivity contribution < 1.29 is 28.6 Å². The van der Waals surface area contributed by atoms with Gasteiger partial charge >= 0.3 is 5.97 Å². The molecule has 0 radical (unpaired) electrons. The highest BCUT2D eigenvalue weighted by Crippen LogP contribution is 2.28. The molecule has 1 aromatic heterocycles. The summed E-state index contributed by atoms with van der Waals surface area (Å²) in [5.41, 5.74) is 1.46. The lowest BCUT2D eigenvalue weighted by Crippen LogP contribution is -2.43. The summed E-state index contributed by atoms with van der Waals surface area (Å²) in [6, 6.07) is 15.3. The molecule has 1 fully saturated rings. The maximum absolute atomic E-state index is 12.6. The van der Waals surface area contributed by atoms with Crippen LogP contribution in [0.25, 0.3) is 11.0 Å². The lowest BCUT2D eigenvalue weighted by atomic mass is 9.87. The van der Waals surface area contributed by atoms with E-state index in [0.717, 1.165) is 29.0 Å². The van der Waals surface area contributed by atoms with Crippen LogP contribution in [0.15, 0.2) is 59.0 Å². The molecular formula is C27H31NO6. The van der Waals surface area contributed by atoms with E-state index in [0.29, 0.717) is 12.2 Å². The Hall–Kier alpha value is -3.32. The summed E-state index contributed by atoms with van der Waals surface area (Å²) in [6.07, 6.45) is 7.61. The van der Waals surface area contributed by atoms with Crippen molar-refractivity contribution in [2.75, 3.05) is 13.2 Å². The van der Waals surface area contributed by atoms with Gasteiger partial charge in [-0.25, -0.2) is 4.79 Å². The highest BCUT2D eigenvalue weighted by Gasteiger charge is 2.23. The van der Waals surface area contributed by atoms with Crippen molar-refractivity contribution in [3.63, 3.8) is 0 Å². The minimum atomic E-state index is -1.19. The molecule has 0 unspecified atom stereocenters. The van der Waals surface area contributed by atoms with Crippen LogP contribution < -0.4 is 10.1 Å². The molecule has 4 rings (SSSR count). The molecule has 1 aliphatic rings. The fourth-order valence-electron chi connectivity index (χ4n) is 4.32. The van der Waals surface area contributed by atoms with E-state index >= 15 is 0 Å². The molecule has 1 amide bonds. The van der Waals surface area contributed by atoms with E-state index in [1.165, 1.54) is 32.1 Å². The van der Waals surface area contributed by atoms with Crippen LogP contribution in [-0.2, 0) is 16.1 Å². The van der Waals surface area contributed by atoms with E-state index in [4.69, 9.17) is 13.9 Å². The van der Waals surface area contributed by atoms with E-state index in [9.17, 15) is 14.7 Å². The lowest BCUT2D eigenvalue weighted by molar-refractivity contribution is -0.141. The number of hydrogen-bond donors (Lipinski definition) is 2. The Morgan fingerprint density at radius 2 is 1.85 bits per heavy atom. The van der Waals surface area contributed by atoms with Crippen LogP contribution in [0.3, 0.4) is 0 Å². The molecule has 7 nitrogen and oxygen atoms in total. The predicted octanol–water partition coefficient (Wildman–Crippen LogP) is 5.18. The second-order valence-electron chi connectivity index (χ2n) is 8.82. The first-order chi connectivity index (χ1) is 16.6. The number of carbonyl (C=O) groups excluding carboxylic acids is 1. The smallest absolute Gasteiger partial charge is 0.328 e. The standard InChI is InChI=1S/C27H31NO6/c29-26(28-23(27(30)31)18-32-17-20-9-5-2-6-10-20)25-16-21-15-22(11-12-24(21)34-25)33-14-13-19-7-3-1-4-8-19/h2,5-6,9-12,15-16,19,23H,1,3-4,7-8,13-14,17-18H2,(H,28,29)(H,30,31)/t23-/m0/s1. The molecular weight excluding hydrogens is 434 g/mol. The van der Waals surface area contributed by atoms with Crippen molar-refractivity contribution >= 4 is 22.8 Å². The molecule has 0 saturated heterocycles. The highest BCUT2D eigenvalue weighted by atomic mass is 16.5. The zero-order valence-electron chi connectivity index (χ0n) is 19.2. The summed E-state index contributed by atoms with van der Waals surface area (Å²) in [6.45, 7) is 0.772. The van der Waals surface area contributed by atoms with Gasteiger partial charge in [-0.05, 0) is 42.2 Å². The summed E-state index contributed by atoms with van der Waals surface area (Å²) < 4.78 is 17.1. The van der Waals surface area contributed by atoms with Gasteiger partial charge in [-0.3, -0.25) is 4.79 Å². The number of aliphatic carboxylic acids is 1. The first-order valence-corrected chi connectivity index (χ1v) is 11.9. The van der Waals surface area contributed by atoms with E-state index in [1.807, 2.05) is 42.5 Å². The molecule has 1 atom stereocenters. The van der Waals surface area contributed by atoms with Gasteiger partial charge in [-0.1, -0.05) is 62.4 Å².